The molecule has 2 atom stereocenters. The van der Waals surface area contributed by atoms with Crippen LogP contribution in [0.5, 0.6) is 0 Å². The molecule has 1 aliphatic heterocycles. The van der Waals surface area contributed by atoms with E-state index in [1.807, 2.05) is 24.3 Å². The van der Waals surface area contributed by atoms with Gasteiger partial charge in [0.1, 0.15) is 0 Å². The van der Waals surface area contributed by atoms with Crippen LogP contribution in [-0.2, 0) is 4.79 Å². The Morgan fingerprint density at radius 2 is 2.18 bits per heavy atom. The summed E-state index contributed by atoms with van der Waals surface area (Å²) in [5, 5.41) is 18.8. The molecule has 1 saturated heterocycles. The summed E-state index contributed by atoms with van der Waals surface area (Å²) < 4.78 is 0. The number of anilines is 1. The van der Waals surface area contributed by atoms with Crippen LogP contribution in [0.25, 0.3) is 0 Å². The van der Waals surface area contributed by atoms with Crippen LogP contribution in [0.3, 0.4) is 0 Å². The minimum absolute atomic E-state index is 0.00422. The molecular formula is C13H17NO3. The van der Waals surface area contributed by atoms with Crippen molar-refractivity contribution in [2.24, 2.45) is 5.92 Å². The molecule has 92 valence electrons. The summed E-state index contributed by atoms with van der Waals surface area (Å²) in [4.78, 5) is 13.5. The Morgan fingerprint density at radius 3 is 2.76 bits per heavy atom. The molecule has 0 aliphatic carbocycles. The molecule has 1 amide bonds. The van der Waals surface area contributed by atoms with Crippen molar-refractivity contribution in [3.8, 4) is 0 Å². The van der Waals surface area contributed by atoms with Crippen molar-refractivity contribution < 1.29 is 15.0 Å². The van der Waals surface area contributed by atoms with Gasteiger partial charge >= 0.3 is 0 Å². The van der Waals surface area contributed by atoms with E-state index in [2.05, 4.69) is 0 Å². The van der Waals surface area contributed by atoms with E-state index in [9.17, 15) is 9.90 Å². The lowest BCUT2D eigenvalue weighted by molar-refractivity contribution is -0.117. The van der Waals surface area contributed by atoms with Gasteiger partial charge in [0.15, 0.2) is 0 Å². The molecule has 1 aromatic carbocycles. The zero-order valence-electron chi connectivity index (χ0n) is 9.84. The van der Waals surface area contributed by atoms with Crippen LogP contribution in [0, 0.1) is 5.92 Å². The van der Waals surface area contributed by atoms with E-state index in [1.165, 1.54) is 0 Å². The summed E-state index contributed by atoms with van der Waals surface area (Å²) in [6, 6.07) is 7.34. The lowest BCUT2D eigenvalue weighted by Crippen LogP contribution is -2.26. The minimum Gasteiger partial charge on any atom is -0.396 e. The number of benzene rings is 1. The maximum atomic E-state index is 11.9. The largest absolute Gasteiger partial charge is 0.396 e. The van der Waals surface area contributed by atoms with E-state index in [-0.39, 0.29) is 18.4 Å². The van der Waals surface area contributed by atoms with Crippen molar-refractivity contribution in [1.82, 2.24) is 0 Å². The number of hydrogen-bond acceptors (Lipinski definition) is 3. The summed E-state index contributed by atoms with van der Waals surface area (Å²) in [6.45, 7) is 2.24. The van der Waals surface area contributed by atoms with E-state index in [0.29, 0.717) is 13.0 Å². The van der Waals surface area contributed by atoms with Crippen molar-refractivity contribution in [1.29, 1.82) is 0 Å². The monoisotopic (exact) mass is 235 g/mol. The SMILES string of the molecule is CC(O)c1ccccc1N1CC(CO)CC1=O. The summed E-state index contributed by atoms with van der Waals surface area (Å²) in [5.41, 5.74) is 1.50. The molecule has 17 heavy (non-hydrogen) atoms. The molecule has 1 heterocycles. The highest BCUT2D eigenvalue weighted by Crippen LogP contribution is 2.31. The molecule has 0 spiro atoms. The fraction of sp³-hybridized carbons (Fsp3) is 0.462. The Bertz CT molecular complexity index is 417. The number of aliphatic hydroxyl groups excluding tert-OH is 2. The number of aliphatic hydroxyl groups is 2. The van der Waals surface area contributed by atoms with Gasteiger partial charge in [0.2, 0.25) is 5.91 Å². The second-order valence-corrected chi connectivity index (χ2v) is 4.49. The molecule has 2 rings (SSSR count). The van der Waals surface area contributed by atoms with Crippen LogP contribution in [0.4, 0.5) is 5.69 Å². The maximum absolute atomic E-state index is 11.9. The minimum atomic E-state index is -0.604. The van der Waals surface area contributed by atoms with Gasteiger partial charge in [-0.1, -0.05) is 18.2 Å². The highest BCUT2D eigenvalue weighted by atomic mass is 16.3. The number of rotatable bonds is 3. The van der Waals surface area contributed by atoms with Gasteiger partial charge in [-0.2, -0.15) is 0 Å². The Labute approximate surface area is 100 Å². The molecule has 1 aliphatic rings. The second kappa shape index (κ2) is 4.85. The van der Waals surface area contributed by atoms with E-state index < -0.39 is 6.10 Å². The van der Waals surface area contributed by atoms with Crippen molar-refractivity contribution in [3.63, 3.8) is 0 Å². The smallest absolute Gasteiger partial charge is 0.227 e. The molecule has 0 aromatic heterocycles. The Morgan fingerprint density at radius 1 is 1.47 bits per heavy atom. The molecule has 4 nitrogen and oxygen atoms in total. The Kier molecular flexibility index (Phi) is 3.45. The van der Waals surface area contributed by atoms with Crippen molar-refractivity contribution in [3.05, 3.63) is 29.8 Å². The van der Waals surface area contributed by atoms with Crippen molar-refractivity contribution >= 4 is 11.6 Å². The number of carbonyl (C=O) groups is 1. The fourth-order valence-corrected chi connectivity index (χ4v) is 2.22. The molecule has 1 aromatic rings. The van der Waals surface area contributed by atoms with E-state index in [1.54, 1.807) is 11.8 Å². The quantitative estimate of drug-likeness (QED) is 0.824. The predicted octanol–water partition coefficient (Wildman–Crippen LogP) is 1.09. The molecule has 2 unspecified atom stereocenters. The van der Waals surface area contributed by atoms with Gasteiger partial charge in [-0.15, -0.1) is 0 Å². The third-order valence-corrected chi connectivity index (χ3v) is 3.14. The van der Waals surface area contributed by atoms with Crippen LogP contribution in [-0.4, -0.2) is 29.3 Å². The Hall–Kier alpha value is -1.39. The van der Waals surface area contributed by atoms with Gasteiger partial charge in [-0.3, -0.25) is 4.79 Å². The summed E-state index contributed by atoms with van der Waals surface area (Å²) in [7, 11) is 0. The van der Waals surface area contributed by atoms with Gasteiger partial charge in [0, 0.05) is 36.7 Å². The van der Waals surface area contributed by atoms with Gasteiger partial charge in [0.05, 0.1) is 6.10 Å². The fourth-order valence-electron chi connectivity index (χ4n) is 2.22. The second-order valence-electron chi connectivity index (χ2n) is 4.49. The van der Waals surface area contributed by atoms with Crippen molar-refractivity contribution in [2.45, 2.75) is 19.4 Å². The maximum Gasteiger partial charge on any atom is 0.227 e. The number of amides is 1. The average Bonchev–Trinajstić information content (AvgIpc) is 2.70. The summed E-state index contributed by atoms with van der Waals surface area (Å²) in [6.07, 6.45) is -0.225. The van der Waals surface area contributed by atoms with Gasteiger partial charge in [-0.25, -0.2) is 0 Å². The van der Waals surface area contributed by atoms with E-state index in [0.717, 1.165) is 11.3 Å². The standard InChI is InChI=1S/C13H17NO3/c1-9(16)11-4-2-3-5-12(11)14-7-10(8-15)6-13(14)17/h2-5,9-10,15-16H,6-8H2,1H3. The van der Waals surface area contributed by atoms with Crippen LogP contribution in [0.2, 0.25) is 0 Å². The first-order valence-corrected chi connectivity index (χ1v) is 5.81. The zero-order chi connectivity index (χ0) is 12.4. The van der Waals surface area contributed by atoms with Gasteiger partial charge in [-0.05, 0) is 13.0 Å². The van der Waals surface area contributed by atoms with Crippen molar-refractivity contribution in [2.75, 3.05) is 18.1 Å². The number of hydrogen-bond donors (Lipinski definition) is 2. The van der Waals surface area contributed by atoms with E-state index in [4.69, 9.17) is 5.11 Å². The normalized spacial score (nSPS) is 21.9. The third kappa shape index (κ3) is 2.33. The average molecular weight is 235 g/mol. The molecule has 0 radical (unpaired) electrons. The highest BCUT2D eigenvalue weighted by Gasteiger charge is 2.31. The Balaban J connectivity index is 2.31. The lowest BCUT2D eigenvalue weighted by Gasteiger charge is -2.21. The molecule has 2 N–H and O–H groups in total. The third-order valence-electron chi connectivity index (χ3n) is 3.14. The lowest BCUT2D eigenvalue weighted by atomic mass is 10.1. The first-order chi connectivity index (χ1) is 8.13. The predicted molar refractivity (Wildman–Crippen MR) is 64.6 cm³/mol. The molecule has 0 bridgehead atoms. The van der Waals surface area contributed by atoms with E-state index >= 15 is 0 Å². The van der Waals surface area contributed by atoms with Crippen LogP contribution < -0.4 is 4.90 Å². The first-order valence-electron chi connectivity index (χ1n) is 5.81. The summed E-state index contributed by atoms with van der Waals surface area (Å²) in [5.74, 6) is 0.0155. The van der Waals surface area contributed by atoms with Crippen LogP contribution in [0.15, 0.2) is 24.3 Å². The van der Waals surface area contributed by atoms with Gasteiger partial charge in [0.25, 0.3) is 0 Å². The molecule has 0 saturated carbocycles. The van der Waals surface area contributed by atoms with Crippen LogP contribution >= 0.6 is 0 Å². The summed E-state index contributed by atoms with van der Waals surface area (Å²) >= 11 is 0. The first kappa shape index (κ1) is 12.1. The zero-order valence-corrected chi connectivity index (χ0v) is 9.84. The number of para-hydroxylation sites is 1. The molecule has 4 heteroatoms. The van der Waals surface area contributed by atoms with Crippen LogP contribution in [0.1, 0.15) is 25.0 Å². The van der Waals surface area contributed by atoms with Gasteiger partial charge < -0.3 is 15.1 Å². The molecular weight excluding hydrogens is 218 g/mol. The number of nitrogens with zero attached hydrogens (tertiary/aromatic N) is 1. The topological polar surface area (TPSA) is 60.8 Å². The highest BCUT2D eigenvalue weighted by molar-refractivity contribution is 5.96. The number of carbonyl (C=O) groups excluding carboxylic acids is 1. The molecule has 1 fully saturated rings.